The molecule has 0 aliphatic rings. The van der Waals surface area contributed by atoms with E-state index in [1.54, 1.807) is 7.11 Å². The lowest BCUT2D eigenvalue weighted by Crippen LogP contribution is -2.29. The number of nitrogen functional groups attached to an aromatic ring is 1. The van der Waals surface area contributed by atoms with E-state index in [0.717, 1.165) is 27.1 Å². The minimum atomic E-state index is -0.159. The standard InChI is InChI=1S/C21H29N5OS/c1-20(2,3)25-28-17-11-14(12-23-18(17)27-7)13-8-9-15-16(10-13)26(19(22)24-15)21(4,5)6/h8-12,25H,1-7H3,(H2,22,24). The molecule has 3 rings (SSSR count). The number of pyridine rings is 1. The first kappa shape index (κ1) is 20.5. The highest BCUT2D eigenvalue weighted by atomic mass is 32.2. The second-order valence-electron chi connectivity index (χ2n) is 8.87. The molecule has 0 aliphatic heterocycles. The van der Waals surface area contributed by atoms with Gasteiger partial charge in [0.15, 0.2) is 0 Å². The van der Waals surface area contributed by atoms with Gasteiger partial charge in [0.25, 0.3) is 0 Å². The first-order valence-corrected chi connectivity index (χ1v) is 10.1. The number of hydrogen-bond donors (Lipinski definition) is 2. The smallest absolute Gasteiger partial charge is 0.228 e. The molecular weight excluding hydrogens is 370 g/mol. The minimum Gasteiger partial charge on any atom is -0.480 e. The van der Waals surface area contributed by atoms with Crippen molar-refractivity contribution in [1.82, 2.24) is 19.3 Å². The van der Waals surface area contributed by atoms with Crippen LogP contribution in [0.3, 0.4) is 0 Å². The number of imidazole rings is 1. The molecule has 0 bridgehead atoms. The van der Waals surface area contributed by atoms with Crippen molar-refractivity contribution in [2.45, 2.75) is 57.5 Å². The average molecular weight is 400 g/mol. The molecule has 28 heavy (non-hydrogen) atoms. The Labute approximate surface area is 171 Å². The molecular formula is C21H29N5OS. The largest absolute Gasteiger partial charge is 0.480 e. The number of hydrogen-bond acceptors (Lipinski definition) is 6. The Hall–Kier alpha value is -2.25. The number of rotatable bonds is 4. The van der Waals surface area contributed by atoms with Crippen molar-refractivity contribution in [3.8, 4) is 17.0 Å². The first-order chi connectivity index (χ1) is 13.0. The number of benzene rings is 1. The topological polar surface area (TPSA) is 78.0 Å². The Balaban J connectivity index is 2.07. The first-order valence-electron chi connectivity index (χ1n) is 9.26. The van der Waals surface area contributed by atoms with Crippen LogP contribution in [-0.4, -0.2) is 27.2 Å². The van der Waals surface area contributed by atoms with Crippen LogP contribution < -0.4 is 15.2 Å². The average Bonchev–Trinajstić information content (AvgIpc) is 2.94. The van der Waals surface area contributed by atoms with Gasteiger partial charge in [0, 0.05) is 22.8 Å². The lowest BCUT2D eigenvalue weighted by atomic mass is 10.1. The molecule has 0 saturated carbocycles. The number of methoxy groups -OCH3 is 1. The van der Waals surface area contributed by atoms with Crippen LogP contribution in [-0.2, 0) is 5.54 Å². The summed E-state index contributed by atoms with van der Waals surface area (Å²) in [6.07, 6.45) is 1.84. The van der Waals surface area contributed by atoms with Gasteiger partial charge in [-0.05, 0) is 77.3 Å². The van der Waals surface area contributed by atoms with Gasteiger partial charge in [0.1, 0.15) is 0 Å². The van der Waals surface area contributed by atoms with Gasteiger partial charge in [0.05, 0.1) is 23.0 Å². The molecule has 0 spiro atoms. The third-order valence-electron chi connectivity index (χ3n) is 4.16. The molecule has 0 radical (unpaired) electrons. The zero-order chi connectivity index (χ0) is 20.7. The van der Waals surface area contributed by atoms with Crippen molar-refractivity contribution in [2.75, 3.05) is 12.8 Å². The summed E-state index contributed by atoms with van der Waals surface area (Å²) in [5.41, 5.74) is 9.98. The molecule has 0 aliphatic carbocycles. The van der Waals surface area contributed by atoms with Crippen LogP contribution in [0.5, 0.6) is 5.88 Å². The second kappa shape index (κ2) is 7.29. The van der Waals surface area contributed by atoms with E-state index < -0.39 is 0 Å². The van der Waals surface area contributed by atoms with Crippen LogP contribution in [0.2, 0.25) is 0 Å². The lowest BCUT2D eigenvalue weighted by Gasteiger charge is -2.23. The molecule has 6 nitrogen and oxygen atoms in total. The Morgan fingerprint density at radius 3 is 2.39 bits per heavy atom. The molecule has 150 valence electrons. The van der Waals surface area contributed by atoms with Crippen LogP contribution in [0.1, 0.15) is 41.5 Å². The van der Waals surface area contributed by atoms with Gasteiger partial charge in [-0.1, -0.05) is 6.07 Å². The quantitative estimate of drug-likeness (QED) is 0.611. The molecule has 0 amide bonds. The molecule has 2 heterocycles. The fourth-order valence-electron chi connectivity index (χ4n) is 3.00. The summed E-state index contributed by atoms with van der Waals surface area (Å²) in [5, 5.41) is 0. The highest BCUT2D eigenvalue weighted by Crippen LogP contribution is 2.34. The van der Waals surface area contributed by atoms with E-state index in [2.05, 4.69) is 79.0 Å². The maximum absolute atomic E-state index is 6.18. The fraction of sp³-hybridized carbons (Fsp3) is 0.429. The van der Waals surface area contributed by atoms with Crippen LogP contribution in [0.4, 0.5) is 5.95 Å². The molecule has 0 fully saturated rings. The minimum absolute atomic E-state index is 0.0265. The number of aromatic nitrogens is 3. The number of ether oxygens (including phenoxy) is 1. The summed E-state index contributed by atoms with van der Waals surface area (Å²) in [7, 11) is 1.64. The highest BCUT2D eigenvalue weighted by Gasteiger charge is 2.21. The van der Waals surface area contributed by atoms with Crippen molar-refractivity contribution in [1.29, 1.82) is 0 Å². The third-order valence-corrected chi connectivity index (χ3v) is 5.39. The van der Waals surface area contributed by atoms with E-state index in [-0.39, 0.29) is 11.1 Å². The van der Waals surface area contributed by atoms with Crippen LogP contribution >= 0.6 is 11.9 Å². The highest BCUT2D eigenvalue weighted by molar-refractivity contribution is 7.97. The van der Waals surface area contributed by atoms with Crippen LogP contribution in [0, 0.1) is 0 Å². The second-order valence-corrected chi connectivity index (χ2v) is 9.71. The van der Waals surface area contributed by atoms with Gasteiger partial charge in [-0.15, -0.1) is 0 Å². The van der Waals surface area contributed by atoms with Gasteiger partial charge < -0.3 is 15.0 Å². The normalized spacial score (nSPS) is 12.5. The van der Waals surface area contributed by atoms with Gasteiger partial charge in [0.2, 0.25) is 11.8 Å². The van der Waals surface area contributed by atoms with E-state index in [1.807, 2.05) is 12.3 Å². The van der Waals surface area contributed by atoms with E-state index in [1.165, 1.54) is 11.9 Å². The number of fused-ring (bicyclic) bond motifs is 1. The van der Waals surface area contributed by atoms with E-state index in [4.69, 9.17) is 10.5 Å². The SMILES string of the molecule is COc1ncc(-c2ccc3nc(N)n(C(C)(C)C)c3c2)cc1SNC(C)(C)C. The van der Waals surface area contributed by atoms with Gasteiger partial charge in [-0.3, -0.25) is 4.72 Å². The van der Waals surface area contributed by atoms with Crippen molar-refractivity contribution in [3.63, 3.8) is 0 Å². The van der Waals surface area contributed by atoms with E-state index >= 15 is 0 Å². The van der Waals surface area contributed by atoms with Gasteiger partial charge in [-0.25, -0.2) is 9.97 Å². The Bertz CT molecular complexity index is 998. The summed E-state index contributed by atoms with van der Waals surface area (Å²) in [5.74, 6) is 1.13. The molecule has 0 saturated heterocycles. The zero-order valence-corrected chi connectivity index (χ0v) is 18.4. The Morgan fingerprint density at radius 1 is 1.07 bits per heavy atom. The van der Waals surface area contributed by atoms with E-state index in [9.17, 15) is 0 Å². The maximum atomic E-state index is 6.18. The number of nitrogens with two attached hydrogens (primary N) is 1. The van der Waals surface area contributed by atoms with Crippen molar-refractivity contribution in [2.24, 2.45) is 0 Å². The molecule has 0 unspecified atom stereocenters. The Kier molecular flexibility index (Phi) is 5.34. The van der Waals surface area contributed by atoms with Crippen LogP contribution in [0.25, 0.3) is 22.2 Å². The van der Waals surface area contributed by atoms with Crippen molar-refractivity contribution < 1.29 is 4.74 Å². The van der Waals surface area contributed by atoms with E-state index in [0.29, 0.717) is 11.8 Å². The van der Waals surface area contributed by atoms with Gasteiger partial charge in [-0.2, -0.15) is 0 Å². The summed E-state index contributed by atoms with van der Waals surface area (Å²) in [4.78, 5) is 9.95. The predicted molar refractivity (Wildman–Crippen MR) is 118 cm³/mol. The number of nitrogens with one attached hydrogen (secondary N) is 1. The van der Waals surface area contributed by atoms with Crippen LogP contribution in [0.15, 0.2) is 35.4 Å². The molecule has 1 aromatic carbocycles. The maximum Gasteiger partial charge on any atom is 0.228 e. The molecule has 3 N–H and O–H groups in total. The number of nitrogens with zero attached hydrogens (tertiary/aromatic N) is 3. The summed E-state index contributed by atoms with van der Waals surface area (Å²) in [6, 6.07) is 8.28. The Morgan fingerprint density at radius 2 is 1.79 bits per heavy atom. The molecule has 2 aromatic heterocycles. The van der Waals surface area contributed by atoms with Crippen molar-refractivity contribution in [3.05, 3.63) is 30.5 Å². The molecule has 7 heteroatoms. The molecule has 3 aromatic rings. The number of anilines is 1. The lowest BCUT2D eigenvalue weighted by molar-refractivity contribution is 0.387. The summed E-state index contributed by atoms with van der Waals surface area (Å²) in [6.45, 7) is 12.7. The fourth-order valence-corrected chi connectivity index (χ4v) is 3.83. The summed E-state index contributed by atoms with van der Waals surface area (Å²) < 4.78 is 10.9. The predicted octanol–water partition coefficient (Wildman–Crippen LogP) is 4.84. The van der Waals surface area contributed by atoms with Crippen molar-refractivity contribution >= 4 is 28.9 Å². The summed E-state index contributed by atoms with van der Waals surface area (Å²) >= 11 is 1.53. The third kappa shape index (κ3) is 4.25. The monoisotopic (exact) mass is 399 g/mol. The van der Waals surface area contributed by atoms with Gasteiger partial charge >= 0.3 is 0 Å². The zero-order valence-electron chi connectivity index (χ0n) is 17.6. The molecule has 0 atom stereocenters.